The number of methoxy groups -OCH3 is 1. The van der Waals surface area contributed by atoms with Crippen molar-refractivity contribution in [2.45, 2.75) is 19.3 Å². The van der Waals surface area contributed by atoms with Crippen molar-refractivity contribution in [2.75, 3.05) is 18.6 Å². The molecule has 1 N–H and O–H groups in total. The fourth-order valence-corrected chi connectivity index (χ4v) is 2.95. The summed E-state index contributed by atoms with van der Waals surface area (Å²) in [5.74, 6) is -1.07. The summed E-state index contributed by atoms with van der Waals surface area (Å²) >= 11 is 0. The van der Waals surface area contributed by atoms with E-state index in [9.17, 15) is 9.59 Å². The van der Waals surface area contributed by atoms with Gasteiger partial charge in [0.25, 0.3) is 5.91 Å². The van der Waals surface area contributed by atoms with E-state index in [1.807, 2.05) is 6.07 Å². The highest BCUT2D eigenvalue weighted by Gasteiger charge is 2.23. The van der Waals surface area contributed by atoms with Crippen LogP contribution in [0.15, 0.2) is 36.7 Å². The third-order valence-electron chi connectivity index (χ3n) is 4.17. The second-order valence-corrected chi connectivity index (χ2v) is 5.64. The van der Waals surface area contributed by atoms with Crippen molar-refractivity contribution in [3.8, 4) is 5.75 Å². The van der Waals surface area contributed by atoms with Gasteiger partial charge in [0.1, 0.15) is 11.3 Å². The second kappa shape index (κ2) is 6.70. The van der Waals surface area contributed by atoms with Crippen molar-refractivity contribution in [1.29, 1.82) is 0 Å². The summed E-state index contributed by atoms with van der Waals surface area (Å²) in [5, 5.41) is 9.16. The Labute approximate surface area is 139 Å². The molecular formula is C18H18N2O4. The first-order valence-corrected chi connectivity index (χ1v) is 7.78. The number of carbonyl (C=O) groups excluding carboxylic acids is 1. The Morgan fingerprint density at radius 3 is 2.83 bits per heavy atom. The van der Waals surface area contributed by atoms with Gasteiger partial charge in [0.2, 0.25) is 0 Å². The van der Waals surface area contributed by atoms with Gasteiger partial charge in [-0.2, -0.15) is 0 Å². The molecule has 1 aromatic carbocycles. The largest absolute Gasteiger partial charge is 0.496 e. The lowest BCUT2D eigenvalue weighted by Crippen LogP contribution is -2.31. The van der Waals surface area contributed by atoms with Gasteiger partial charge in [0.05, 0.1) is 12.8 Å². The van der Waals surface area contributed by atoms with E-state index >= 15 is 0 Å². The molecule has 0 spiro atoms. The van der Waals surface area contributed by atoms with Crippen LogP contribution in [0.2, 0.25) is 0 Å². The summed E-state index contributed by atoms with van der Waals surface area (Å²) in [4.78, 5) is 30.0. The summed E-state index contributed by atoms with van der Waals surface area (Å²) < 4.78 is 5.12. The SMILES string of the molecule is COc1cc(C(=O)N2CCCCc3cnccc32)ccc1C(=O)O. The molecule has 2 aromatic rings. The van der Waals surface area contributed by atoms with Crippen LogP contribution >= 0.6 is 0 Å². The third-order valence-corrected chi connectivity index (χ3v) is 4.17. The molecule has 0 radical (unpaired) electrons. The molecule has 0 saturated heterocycles. The lowest BCUT2D eigenvalue weighted by Gasteiger charge is -2.23. The van der Waals surface area contributed by atoms with E-state index in [1.165, 1.54) is 25.3 Å². The van der Waals surface area contributed by atoms with E-state index in [2.05, 4.69) is 4.98 Å². The predicted molar refractivity (Wildman–Crippen MR) is 88.8 cm³/mol. The molecule has 1 amide bonds. The zero-order valence-electron chi connectivity index (χ0n) is 13.4. The lowest BCUT2D eigenvalue weighted by atomic mass is 10.1. The molecule has 1 aliphatic heterocycles. The number of fused-ring (bicyclic) bond motifs is 1. The van der Waals surface area contributed by atoms with Gasteiger partial charge in [0.15, 0.2) is 0 Å². The Balaban J connectivity index is 1.99. The number of carboxylic acids is 1. The van der Waals surface area contributed by atoms with Crippen LogP contribution < -0.4 is 9.64 Å². The Bertz CT molecular complexity index is 788. The van der Waals surface area contributed by atoms with Gasteiger partial charge in [-0.15, -0.1) is 0 Å². The number of rotatable bonds is 3. The fourth-order valence-electron chi connectivity index (χ4n) is 2.95. The molecule has 0 fully saturated rings. The van der Waals surface area contributed by atoms with Crippen molar-refractivity contribution < 1.29 is 19.4 Å². The van der Waals surface area contributed by atoms with Gasteiger partial charge < -0.3 is 14.7 Å². The van der Waals surface area contributed by atoms with Crippen LogP contribution in [-0.4, -0.2) is 35.6 Å². The van der Waals surface area contributed by atoms with Crippen molar-refractivity contribution >= 4 is 17.6 Å². The third kappa shape index (κ3) is 2.95. The summed E-state index contributed by atoms with van der Waals surface area (Å²) in [6, 6.07) is 6.26. The number of benzene rings is 1. The van der Waals surface area contributed by atoms with Gasteiger partial charge >= 0.3 is 5.97 Å². The number of aromatic nitrogens is 1. The fraction of sp³-hybridized carbons (Fsp3) is 0.278. The maximum absolute atomic E-state index is 13.0. The van der Waals surface area contributed by atoms with Gasteiger partial charge in [0, 0.05) is 24.5 Å². The highest BCUT2D eigenvalue weighted by atomic mass is 16.5. The van der Waals surface area contributed by atoms with Crippen LogP contribution in [0.25, 0.3) is 0 Å². The van der Waals surface area contributed by atoms with Crippen LogP contribution in [0.5, 0.6) is 5.75 Å². The van der Waals surface area contributed by atoms with E-state index in [0.717, 1.165) is 30.5 Å². The Morgan fingerprint density at radius 2 is 2.08 bits per heavy atom. The number of aromatic carboxylic acids is 1. The first-order chi connectivity index (χ1) is 11.6. The van der Waals surface area contributed by atoms with E-state index in [-0.39, 0.29) is 17.2 Å². The Hall–Kier alpha value is -2.89. The molecular weight excluding hydrogens is 308 g/mol. The molecule has 6 heteroatoms. The molecule has 24 heavy (non-hydrogen) atoms. The number of hydrogen-bond acceptors (Lipinski definition) is 4. The van der Waals surface area contributed by atoms with Crippen LogP contribution in [0.4, 0.5) is 5.69 Å². The number of anilines is 1. The number of amides is 1. The molecule has 1 aromatic heterocycles. The number of nitrogens with zero attached hydrogens (tertiary/aromatic N) is 2. The van der Waals surface area contributed by atoms with E-state index < -0.39 is 5.97 Å². The first-order valence-electron chi connectivity index (χ1n) is 7.78. The standard InChI is InChI=1S/C18H18N2O4/c1-24-16-10-12(5-6-14(16)18(22)23)17(21)20-9-3-2-4-13-11-19-8-7-15(13)20/h5-8,10-11H,2-4,9H2,1H3,(H,22,23). The lowest BCUT2D eigenvalue weighted by molar-refractivity contribution is 0.0692. The molecule has 3 rings (SSSR count). The van der Waals surface area contributed by atoms with Crippen molar-refractivity contribution in [2.24, 2.45) is 0 Å². The van der Waals surface area contributed by atoms with E-state index in [1.54, 1.807) is 17.3 Å². The summed E-state index contributed by atoms with van der Waals surface area (Å²) in [7, 11) is 1.39. The van der Waals surface area contributed by atoms with Gasteiger partial charge in [-0.3, -0.25) is 9.78 Å². The summed E-state index contributed by atoms with van der Waals surface area (Å²) in [5.41, 5.74) is 2.36. The average molecular weight is 326 g/mol. The molecule has 0 bridgehead atoms. The monoisotopic (exact) mass is 326 g/mol. The predicted octanol–water partition coefficient (Wildman–Crippen LogP) is 2.77. The molecule has 2 heterocycles. The van der Waals surface area contributed by atoms with Crippen molar-refractivity contribution in [1.82, 2.24) is 4.98 Å². The zero-order chi connectivity index (χ0) is 17.1. The van der Waals surface area contributed by atoms with Gasteiger partial charge in [-0.25, -0.2) is 4.79 Å². The first kappa shape index (κ1) is 16.0. The minimum absolute atomic E-state index is 0.0366. The van der Waals surface area contributed by atoms with Crippen LogP contribution in [0, 0.1) is 0 Å². The number of pyridine rings is 1. The number of hydrogen-bond donors (Lipinski definition) is 1. The van der Waals surface area contributed by atoms with E-state index in [0.29, 0.717) is 12.1 Å². The zero-order valence-corrected chi connectivity index (χ0v) is 13.4. The summed E-state index contributed by atoms with van der Waals surface area (Å²) in [6.07, 6.45) is 6.29. The molecule has 1 aliphatic rings. The summed E-state index contributed by atoms with van der Waals surface area (Å²) in [6.45, 7) is 0.624. The van der Waals surface area contributed by atoms with Crippen LogP contribution in [-0.2, 0) is 6.42 Å². The minimum Gasteiger partial charge on any atom is -0.496 e. The Morgan fingerprint density at radius 1 is 1.25 bits per heavy atom. The number of carboxylic acid groups (broad SMARTS) is 1. The second-order valence-electron chi connectivity index (χ2n) is 5.64. The van der Waals surface area contributed by atoms with Crippen molar-refractivity contribution in [3.05, 3.63) is 53.3 Å². The molecule has 0 saturated carbocycles. The van der Waals surface area contributed by atoms with Gasteiger partial charge in [-0.05, 0) is 49.1 Å². The number of carbonyl (C=O) groups is 2. The number of aryl methyl sites for hydroxylation is 1. The Kier molecular flexibility index (Phi) is 4.46. The molecule has 6 nitrogen and oxygen atoms in total. The number of ether oxygens (including phenoxy) is 1. The minimum atomic E-state index is -1.09. The van der Waals surface area contributed by atoms with E-state index in [4.69, 9.17) is 9.84 Å². The molecule has 0 unspecified atom stereocenters. The van der Waals surface area contributed by atoms with Crippen molar-refractivity contribution in [3.63, 3.8) is 0 Å². The highest BCUT2D eigenvalue weighted by Crippen LogP contribution is 2.28. The molecule has 0 atom stereocenters. The maximum Gasteiger partial charge on any atom is 0.339 e. The quantitative estimate of drug-likeness (QED) is 0.938. The highest BCUT2D eigenvalue weighted by molar-refractivity contribution is 6.07. The molecule has 124 valence electrons. The van der Waals surface area contributed by atoms with Crippen LogP contribution in [0.1, 0.15) is 39.1 Å². The average Bonchev–Trinajstić information content (AvgIpc) is 2.82. The smallest absolute Gasteiger partial charge is 0.339 e. The topological polar surface area (TPSA) is 79.7 Å². The molecule has 0 aliphatic carbocycles. The normalized spacial score (nSPS) is 13.8. The maximum atomic E-state index is 13.0. The van der Waals surface area contributed by atoms with Crippen LogP contribution in [0.3, 0.4) is 0 Å². The van der Waals surface area contributed by atoms with Gasteiger partial charge in [-0.1, -0.05) is 0 Å².